The molecule has 146 valence electrons. The fourth-order valence-corrected chi connectivity index (χ4v) is 3.16. The van der Waals surface area contributed by atoms with Crippen LogP contribution in [-0.4, -0.2) is 27.1 Å². The third-order valence-electron chi connectivity index (χ3n) is 4.19. The number of hydrogen-bond acceptors (Lipinski definition) is 3. The van der Waals surface area contributed by atoms with Gasteiger partial charge in [-0.25, -0.2) is 8.42 Å². The van der Waals surface area contributed by atoms with Gasteiger partial charge in [0.1, 0.15) is 0 Å². The number of halogens is 3. The Morgan fingerprint density at radius 2 is 1.59 bits per heavy atom. The van der Waals surface area contributed by atoms with Gasteiger partial charge >= 0.3 is 6.18 Å². The summed E-state index contributed by atoms with van der Waals surface area (Å²) >= 11 is 0. The molecule has 1 amide bonds. The molecule has 0 fully saturated rings. The minimum Gasteiger partial charge on any atom is -0.351 e. The second-order valence-electron chi connectivity index (χ2n) is 6.95. The quantitative estimate of drug-likeness (QED) is 0.832. The molecule has 27 heavy (non-hydrogen) atoms. The summed E-state index contributed by atoms with van der Waals surface area (Å²) in [4.78, 5) is 12.4. The lowest BCUT2D eigenvalue weighted by Gasteiger charge is -2.26. The van der Waals surface area contributed by atoms with Crippen molar-refractivity contribution in [3.8, 4) is 0 Å². The molecule has 1 N–H and O–H groups in total. The van der Waals surface area contributed by atoms with Gasteiger partial charge in [-0.3, -0.25) is 4.79 Å². The summed E-state index contributed by atoms with van der Waals surface area (Å²) in [5.41, 5.74) is -0.911. The van der Waals surface area contributed by atoms with E-state index in [9.17, 15) is 26.4 Å². The van der Waals surface area contributed by atoms with Gasteiger partial charge in [-0.2, -0.15) is 13.2 Å². The summed E-state index contributed by atoms with van der Waals surface area (Å²) in [6.07, 6.45) is -3.40. The van der Waals surface area contributed by atoms with Crippen LogP contribution in [0.2, 0.25) is 0 Å². The normalized spacial score (nSPS) is 12.7. The van der Waals surface area contributed by atoms with Gasteiger partial charge in [-0.1, -0.05) is 38.1 Å². The summed E-state index contributed by atoms with van der Waals surface area (Å²) in [6.45, 7) is 3.52. The van der Waals surface area contributed by atoms with E-state index in [4.69, 9.17) is 0 Å². The molecule has 2 aromatic carbocycles. The number of alkyl halides is 3. The van der Waals surface area contributed by atoms with Gasteiger partial charge in [0.2, 0.25) is 0 Å². The number of benzene rings is 2. The number of amides is 1. The first kappa shape index (κ1) is 21.0. The van der Waals surface area contributed by atoms with Gasteiger partial charge in [-0.15, -0.1) is 0 Å². The lowest BCUT2D eigenvalue weighted by Crippen LogP contribution is -2.36. The van der Waals surface area contributed by atoms with Crippen LogP contribution in [-0.2, 0) is 21.4 Å². The minimum absolute atomic E-state index is 0.0206. The maximum absolute atomic E-state index is 12.9. The van der Waals surface area contributed by atoms with Gasteiger partial charge in [0.15, 0.2) is 9.84 Å². The predicted octanol–water partition coefficient (Wildman–Crippen LogP) is 3.82. The molecule has 0 aliphatic heterocycles. The van der Waals surface area contributed by atoms with Crippen LogP contribution in [0, 0.1) is 0 Å². The van der Waals surface area contributed by atoms with E-state index in [1.807, 2.05) is 0 Å². The molecule has 0 saturated heterocycles. The smallest absolute Gasteiger partial charge is 0.351 e. The number of carbonyl (C=O) groups excluding carboxylic acids is 1. The van der Waals surface area contributed by atoms with E-state index < -0.39 is 32.9 Å². The molecule has 0 bridgehead atoms. The van der Waals surface area contributed by atoms with Crippen LogP contribution in [0.3, 0.4) is 0 Å². The van der Waals surface area contributed by atoms with Gasteiger partial charge in [-0.05, 0) is 29.8 Å². The Hall–Kier alpha value is -2.35. The van der Waals surface area contributed by atoms with Crippen LogP contribution in [0.5, 0.6) is 0 Å². The zero-order valence-corrected chi connectivity index (χ0v) is 15.9. The topological polar surface area (TPSA) is 63.2 Å². The molecule has 2 aromatic rings. The van der Waals surface area contributed by atoms with E-state index in [0.717, 1.165) is 18.4 Å². The predicted molar refractivity (Wildman–Crippen MR) is 96.4 cm³/mol. The molecule has 0 saturated carbocycles. The fourth-order valence-electron chi connectivity index (χ4n) is 2.49. The van der Waals surface area contributed by atoms with Crippen molar-refractivity contribution in [2.24, 2.45) is 0 Å². The lowest BCUT2D eigenvalue weighted by atomic mass is 9.83. The first-order valence-corrected chi connectivity index (χ1v) is 9.96. The van der Waals surface area contributed by atoms with Crippen molar-refractivity contribution in [2.75, 3.05) is 12.8 Å². The molecule has 0 atom stereocenters. The van der Waals surface area contributed by atoms with Crippen molar-refractivity contribution in [1.29, 1.82) is 0 Å². The van der Waals surface area contributed by atoms with E-state index in [1.54, 1.807) is 19.9 Å². The minimum atomic E-state index is -4.44. The van der Waals surface area contributed by atoms with E-state index in [-0.39, 0.29) is 17.0 Å². The Morgan fingerprint density at radius 1 is 1.00 bits per heavy atom. The largest absolute Gasteiger partial charge is 0.416 e. The van der Waals surface area contributed by atoms with Crippen molar-refractivity contribution in [3.63, 3.8) is 0 Å². The van der Waals surface area contributed by atoms with Crippen LogP contribution in [0.25, 0.3) is 0 Å². The maximum atomic E-state index is 12.9. The van der Waals surface area contributed by atoms with Gasteiger partial charge < -0.3 is 5.32 Å². The van der Waals surface area contributed by atoms with Crippen molar-refractivity contribution >= 4 is 15.7 Å². The summed E-state index contributed by atoms with van der Waals surface area (Å²) in [5, 5.41) is 2.66. The Labute approximate surface area is 156 Å². The van der Waals surface area contributed by atoms with Crippen LogP contribution in [0.1, 0.15) is 35.3 Å². The number of sulfone groups is 1. The number of rotatable bonds is 5. The monoisotopic (exact) mass is 399 g/mol. The van der Waals surface area contributed by atoms with Gasteiger partial charge in [0, 0.05) is 23.8 Å². The first-order valence-electron chi connectivity index (χ1n) is 8.07. The molecule has 0 aliphatic carbocycles. The highest BCUT2D eigenvalue weighted by Crippen LogP contribution is 2.32. The molecular weight excluding hydrogens is 379 g/mol. The molecule has 0 radical (unpaired) electrons. The Kier molecular flexibility index (Phi) is 5.70. The summed E-state index contributed by atoms with van der Waals surface area (Å²) < 4.78 is 61.9. The van der Waals surface area contributed by atoms with Crippen LogP contribution >= 0.6 is 0 Å². The Bertz CT molecular complexity index is 951. The summed E-state index contributed by atoms with van der Waals surface area (Å²) in [7, 11) is -3.45. The third kappa shape index (κ3) is 5.32. The van der Waals surface area contributed by atoms with Gasteiger partial charge in [0.25, 0.3) is 5.91 Å². The van der Waals surface area contributed by atoms with E-state index in [0.29, 0.717) is 5.56 Å². The maximum Gasteiger partial charge on any atom is 0.416 e. The molecule has 8 heteroatoms. The highest BCUT2D eigenvalue weighted by atomic mass is 32.2. The molecule has 0 aromatic heterocycles. The number of nitrogens with one attached hydrogen (secondary N) is 1. The third-order valence-corrected chi connectivity index (χ3v) is 5.30. The van der Waals surface area contributed by atoms with Gasteiger partial charge in [0.05, 0.1) is 10.5 Å². The van der Waals surface area contributed by atoms with E-state index >= 15 is 0 Å². The standard InChI is InChI=1S/C19H20F3NO3S/c1-18(2,14-7-5-8-15(11-14)19(20,21)22)12-23-17(24)13-6-4-9-16(10-13)27(3,25)26/h4-11H,12H2,1-3H3,(H,23,24). The zero-order chi connectivity index (χ0) is 20.5. The van der Waals surface area contributed by atoms with Crippen molar-refractivity contribution in [2.45, 2.75) is 30.3 Å². The highest BCUT2D eigenvalue weighted by molar-refractivity contribution is 7.90. The summed E-state index contributed by atoms with van der Waals surface area (Å²) in [5.74, 6) is -0.499. The number of hydrogen-bond donors (Lipinski definition) is 1. The first-order chi connectivity index (χ1) is 12.3. The Morgan fingerprint density at radius 3 is 2.19 bits per heavy atom. The van der Waals surface area contributed by atoms with Crippen molar-refractivity contribution in [3.05, 3.63) is 65.2 Å². The number of carbonyl (C=O) groups is 1. The molecular formula is C19H20F3NO3S. The molecule has 0 spiro atoms. The SMILES string of the molecule is CC(C)(CNC(=O)c1cccc(S(C)(=O)=O)c1)c1cccc(C(F)(F)F)c1. The molecule has 0 heterocycles. The Balaban J connectivity index is 2.17. The van der Waals surface area contributed by atoms with Crippen molar-refractivity contribution < 1.29 is 26.4 Å². The van der Waals surface area contributed by atoms with Crippen molar-refractivity contribution in [1.82, 2.24) is 5.32 Å². The average Bonchev–Trinajstić information content (AvgIpc) is 2.58. The second kappa shape index (κ2) is 7.34. The molecule has 0 aliphatic rings. The van der Waals surface area contributed by atoms with Crippen LogP contribution < -0.4 is 5.32 Å². The van der Waals surface area contributed by atoms with E-state index in [1.165, 1.54) is 30.3 Å². The highest BCUT2D eigenvalue weighted by Gasteiger charge is 2.32. The van der Waals surface area contributed by atoms with E-state index in [2.05, 4.69) is 5.32 Å². The van der Waals surface area contributed by atoms with Crippen LogP contribution in [0.15, 0.2) is 53.4 Å². The van der Waals surface area contributed by atoms with Crippen LogP contribution in [0.4, 0.5) is 13.2 Å². The summed E-state index contributed by atoms with van der Waals surface area (Å²) in [6, 6.07) is 10.6. The second-order valence-corrected chi connectivity index (χ2v) is 8.96. The fraction of sp³-hybridized carbons (Fsp3) is 0.316. The lowest BCUT2D eigenvalue weighted by molar-refractivity contribution is -0.137. The molecule has 4 nitrogen and oxygen atoms in total. The molecule has 2 rings (SSSR count). The average molecular weight is 399 g/mol. The molecule has 0 unspecified atom stereocenters. The zero-order valence-electron chi connectivity index (χ0n) is 15.1.